The lowest BCUT2D eigenvalue weighted by atomic mass is 10.0. The third-order valence-electron chi connectivity index (χ3n) is 4.36. The molecule has 2 aliphatic heterocycles. The van der Waals surface area contributed by atoms with Gasteiger partial charge in [-0.1, -0.05) is 42.5 Å². The van der Waals surface area contributed by atoms with Crippen LogP contribution in [0.2, 0.25) is 0 Å². The number of esters is 1. The SMILES string of the molecule is O=C1OC(c2ccc3c(c2)OCO3)=N/C1=C\c1cccc2ccccc12. The van der Waals surface area contributed by atoms with Crippen LogP contribution in [-0.2, 0) is 9.53 Å². The van der Waals surface area contributed by atoms with Crippen LogP contribution in [0.25, 0.3) is 16.8 Å². The zero-order chi connectivity index (χ0) is 17.5. The van der Waals surface area contributed by atoms with Gasteiger partial charge in [-0.15, -0.1) is 0 Å². The monoisotopic (exact) mass is 343 g/mol. The number of carbonyl (C=O) groups excluding carboxylic acids is 1. The molecule has 0 amide bonds. The molecule has 2 heterocycles. The first kappa shape index (κ1) is 14.7. The highest BCUT2D eigenvalue weighted by Gasteiger charge is 2.26. The van der Waals surface area contributed by atoms with E-state index in [1.807, 2.05) is 42.5 Å². The van der Waals surface area contributed by atoms with E-state index in [-0.39, 0.29) is 18.4 Å². The number of cyclic esters (lactones) is 1. The van der Waals surface area contributed by atoms with Gasteiger partial charge in [-0.3, -0.25) is 0 Å². The Morgan fingerprint density at radius 2 is 1.77 bits per heavy atom. The molecule has 0 N–H and O–H groups in total. The topological polar surface area (TPSA) is 57.1 Å². The third-order valence-corrected chi connectivity index (χ3v) is 4.36. The van der Waals surface area contributed by atoms with E-state index in [4.69, 9.17) is 14.2 Å². The van der Waals surface area contributed by atoms with Gasteiger partial charge in [0, 0.05) is 5.56 Å². The Morgan fingerprint density at radius 1 is 0.923 bits per heavy atom. The zero-order valence-electron chi connectivity index (χ0n) is 13.6. The molecular weight excluding hydrogens is 330 g/mol. The van der Waals surface area contributed by atoms with E-state index in [0.29, 0.717) is 17.1 Å². The molecule has 5 rings (SSSR count). The molecule has 3 aromatic rings. The minimum absolute atomic E-state index is 0.192. The highest BCUT2D eigenvalue weighted by atomic mass is 16.7. The highest BCUT2D eigenvalue weighted by Crippen LogP contribution is 2.33. The summed E-state index contributed by atoms with van der Waals surface area (Å²) < 4.78 is 16.0. The highest BCUT2D eigenvalue weighted by molar-refractivity contribution is 6.13. The van der Waals surface area contributed by atoms with Gasteiger partial charge in [-0.25, -0.2) is 9.79 Å². The minimum atomic E-state index is -0.467. The van der Waals surface area contributed by atoms with E-state index >= 15 is 0 Å². The van der Waals surface area contributed by atoms with Gasteiger partial charge in [0.2, 0.25) is 12.7 Å². The minimum Gasteiger partial charge on any atom is -0.454 e. The maximum Gasteiger partial charge on any atom is 0.363 e. The molecule has 0 aromatic heterocycles. The molecule has 5 heteroatoms. The molecule has 3 aromatic carbocycles. The summed E-state index contributed by atoms with van der Waals surface area (Å²) >= 11 is 0. The molecule has 0 saturated carbocycles. The molecule has 126 valence electrons. The molecule has 0 unspecified atom stereocenters. The molecule has 0 spiro atoms. The van der Waals surface area contributed by atoms with Gasteiger partial charge < -0.3 is 14.2 Å². The Bertz CT molecular complexity index is 1110. The number of nitrogens with zero attached hydrogens (tertiary/aromatic N) is 1. The lowest BCUT2D eigenvalue weighted by Gasteiger charge is -2.01. The lowest BCUT2D eigenvalue weighted by Crippen LogP contribution is -2.05. The summed E-state index contributed by atoms with van der Waals surface area (Å²) in [5.41, 5.74) is 1.86. The van der Waals surface area contributed by atoms with Gasteiger partial charge in [0.1, 0.15) is 0 Å². The van der Waals surface area contributed by atoms with E-state index in [1.165, 1.54) is 0 Å². The number of ether oxygens (including phenoxy) is 3. The number of benzene rings is 3. The van der Waals surface area contributed by atoms with Gasteiger partial charge in [0.15, 0.2) is 17.2 Å². The quantitative estimate of drug-likeness (QED) is 0.523. The summed E-state index contributed by atoms with van der Waals surface area (Å²) in [7, 11) is 0. The fourth-order valence-corrected chi connectivity index (χ4v) is 3.09. The average Bonchev–Trinajstić information content (AvgIpc) is 3.28. The number of carbonyl (C=O) groups is 1. The van der Waals surface area contributed by atoms with Crippen molar-refractivity contribution in [2.75, 3.05) is 6.79 Å². The first-order chi connectivity index (χ1) is 12.8. The van der Waals surface area contributed by atoms with Crippen LogP contribution in [0, 0.1) is 0 Å². The molecule has 0 aliphatic carbocycles. The molecule has 2 aliphatic rings. The van der Waals surface area contributed by atoms with Crippen LogP contribution in [-0.4, -0.2) is 18.7 Å². The van der Waals surface area contributed by atoms with Gasteiger partial charge in [0.05, 0.1) is 0 Å². The maximum atomic E-state index is 12.3. The smallest absolute Gasteiger partial charge is 0.363 e. The lowest BCUT2D eigenvalue weighted by molar-refractivity contribution is -0.129. The van der Waals surface area contributed by atoms with Crippen molar-refractivity contribution in [2.24, 2.45) is 4.99 Å². The van der Waals surface area contributed by atoms with Crippen molar-refractivity contribution in [1.82, 2.24) is 0 Å². The van der Waals surface area contributed by atoms with Crippen molar-refractivity contribution in [1.29, 1.82) is 0 Å². The summed E-state index contributed by atoms with van der Waals surface area (Å²) in [6, 6.07) is 19.3. The van der Waals surface area contributed by atoms with Crippen molar-refractivity contribution >= 4 is 28.7 Å². The average molecular weight is 343 g/mol. The molecule has 0 atom stereocenters. The number of rotatable bonds is 2. The maximum absolute atomic E-state index is 12.3. The summed E-state index contributed by atoms with van der Waals surface area (Å²) in [5.74, 6) is 1.09. The summed E-state index contributed by atoms with van der Waals surface area (Å²) in [4.78, 5) is 16.6. The fraction of sp³-hybridized carbons (Fsp3) is 0.0476. The molecule has 0 fully saturated rings. The third kappa shape index (κ3) is 2.41. The Hall–Kier alpha value is -3.60. The molecule has 0 saturated heterocycles. The van der Waals surface area contributed by atoms with Crippen LogP contribution >= 0.6 is 0 Å². The molecule has 5 nitrogen and oxygen atoms in total. The van der Waals surface area contributed by atoms with Crippen molar-refractivity contribution in [2.45, 2.75) is 0 Å². The summed E-state index contributed by atoms with van der Waals surface area (Å²) in [6.45, 7) is 0.192. The van der Waals surface area contributed by atoms with E-state index in [1.54, 1.807) is 24.3 Å². The van der Waals surface area contributed by atoms with Crippen LogP contribution in [0.5, 0.6) is 11.5 Å². The number of aliphatic imine (C=N–C) groups is 1. The van der Waals surface area contributed by atoms with Crippen LogP contribution in [0.3, 0.4) is 0 Å². The molecular formula is C21H13NO4. The van der Waals surface area contributed by atoms with Crippen LogP contribution in [0.15, 0.2) is 71.4 Å². The fourth-order valence-electron chi connectivity index (χ4n) is 3.09. The Balaban J connectivity index is 1.55. The van der Waals surface area contributed by atoms with Crippen LogP contribution in [0.4, 0.5) is 0 Å². The van der Waals surface area contributed by atoms with Gasteiger partial charge in [-0.05, 0) is 40.6 Å². The van der Waals surface area contributed by atoms with E-state index in [0.717, 1.165) is 16.3 Å². The molecule has 0 radical (unpaired) electrons. The molecule has 26 heavy (non-hydrogen) atoms. The Labute approximate surface area is 149 Å². The predicted molar refractivity (Wildman–Crippen MR) is 97.1 cm³/mol. The van der Waals surface area contributed by atoms with Crippen LogP contribution < -0.4 is 9.47 Å². The van der Waals surface area contributed by atoms with Crippen molar-refractivity contribution in [3.05, 3.63) is 77.5 Å². The second kappa shape index (κ2) is 5.74. The second-order valence-corrected chi connectivity index (χ2v) is 5.97. The van der Waals surface area contributed by atoms with Gasteiger partial charge >= 0.3 is 5.97 Å². The van der Waals surface area contributed by atoms with E-state index in [9.17, 15) is 4.79 Å². The van der Waals surface area contributed by atoms with Gasteiger partial charge in [-0.2, -0.15) is 0 Å². The van der Waals surface area contributed by atoms with Gasteiger partial charge in [0.25, 0.3) is 0 Å². The number of hydrogen-bond donors (Lipinski definition) is 0. The molecule has 0 bridgehead atoms. The largest absolute Gasteiger partial charge is 0.454 e. The number of fused-ring (bicyclic) bond motifs is 2. The normalized spacial score (nSPS) is 16.8. The standard InChI is InChI=1S/C21H13NO4/c23-21-17(10-14-6-3-5-13-4-1-2-7-16(13)14)22-20(26-21)15-8-9-18-19(11-15)25-12-24-18/h1-11H,12H2/b17-10-. The zero-order valence-corrected chi connectivity index (χ0v) is 13.6. The predicted octanol–water partition coefficient (Wildman–Crippen LogP) is 3.91. The van der Waals surface area contributed by atoms with Crippen molar-refractivity contribution < 1.29 is 19.0 Å². The first-order valence-electron chi connectivity index (χ1n) is 8.18. The Morgan fingerprint density at radius 3 is 2.73 bits per heavy atom. The van der Waals surface area contributed by atoms with Crippen molar-refractivity contribution in [3.63, 3.8) is 0 Å². The van der Waals surface area contributed by atoms with Crippen LogP contribution in [0.1, 0.15) is 11.1 Å². The second-order valence-electron chi connectivity index (χ2n) is 5.97. The number of hydrogen-bond acceptors (Lipinski definition) is 5. The Kier molecular flexibility index (Phi) is 3.25. The van der Waals surface area contributed by atoms with Crippen molar-refractivity contribution in [3.8, 4) is 11.5 Å². The van der Waals surface area contributed by atoms with E-state index < -0.39 is 5.97 Å². The van der Waals surface area contributed by atoms with E-state index in [2.05, 4.69) is 4.99 Å². The first-order valence-corrected chi connectivity index (χ1v) is 8.18. The summed E-state index contributed by atoms with van der Waals surface area (Å²) in [5, 5.41) is 2.16. The summed E-state index contributed by atoms with van der Waals surface area (Å²) in [6.07, 6.45) is 1.75.